The molecule has 28 heavy (non-hydrogen) atoms. The SMILES string of the molecule is [B]C1([B])Cc2ccc(Cc3cc(C4CC(O)CC(CO)O4)c(O)cc3C)cc21. The predicted molar refractivity (Wildman–Crippen MR) is 109 cm³/mol. The monoisotopic (exact) mass is 374 g/mol. The zero-order chi connectivity index (χ0) is 20.1. The van der Waals surface area contributed by atoms with E-state index < -0.39 is 23.5 Å². The number of phenolic OH excluding ortho intramolecular Hbond substituents is 1. The molecule has 0 amide bonds. The highest BCUT2D eigenvalue weighted by molar-refractivity contribution is 6.41. The van der Waals surface area contributed by atoms with Gasteiger partial charge in [0.05, 0.1) is 40.6 Å². The van der Waals surface area contributed by atoms with Gasteiger partial charge >= 0.3 is 0 Å². The minimum Gasteiger partial charge on any atom is -0.508 e. The summed E-state index contributed by atoms with van der Waals surface area (Å²) >= 11 is 0. The van der Waals surface area contributed by atoms with E-state index in [1.54, 1.807) is 6.07 Å². The first-order valence-corrected chi connectivity index (χ1v) is 9.73. The van der Waals surface area contributed by atoms with Crippen LogP contribution >= 0.6 is 0 Å². The first-order valence-electron chi connectivity index (χ1n) is 9.73. The van der Waals surface area contributed by atoms with Crippen LogP contribution in [0.5, 0.6) is 5.75 Å². The lowest BCUT2D eigenvalue weighted by Crippen LogP contribution is -2.39. The minimum atomic E-state index is -0.744. The van der Waals surface area contributed by atoms with E-state index in [0.717, 1.165) is 22.3 Å². The van der Waals surface area contributed by atoms with Crippen LogP contribution in [0.2, 0.25) is 0 Å². The second-order valence-electron chi connectivity index (χ2n) is 8.28. The number of rotatable bonds is 4. The number of aromatic hydroxyl groups is 1. The molecule has 0 saturated carbocycles. The normalized spacial score (nSPS) is 25.8. The fourth-order valence-electron chi connectivity index (χ4n) is 4.36. The molecule has 2 aliphatic rings. The summed E-state index contributed by atoms with van der Waals surface area (Å²) in [5.74, 6) is 0.150. The van der Waals surface area contributed by atoms with Crippen LogP contribution in [0.1, 0.15) is 52.3 Å². The van der Waals surface area contributed by atoms with Crippen molar-refractivity contribution in [3.05, 3.63) is 63.7 Å². The van der Waals surface area contributed by atoms with Crippen LogP contribution in [-0.2, 0) is 22.8 Å². The molecular weight excluding hydrogens is 350 g/mol. The van der Waals surface area contributed by atoms with Gasteiger partial charge in [0, 0.05) is 18.4 Å². The second-order valence-corrected chi connectivity index (χ2v) is 8.28. The Morgan fingerprint density at radius 1 is 1.18 bits per heavy atom. The lowest BCUT2D eigenvalue weighted by atomic mass is 9.42. The Bertz CT molecular complexity index is 896. The first kappa shape index (κ1) is 19.6. The average molecular weight is 374 g/mol. The predicted octanol–water partition coefficient (Wildman–Crippen LogP) is 1.91. The third-order valence-electron chi connectivity index (χ3n) is 5.97. The maximum Gasteiger partial charge on any atom is 0.121 e. The van der Waals surface area contributed by atoms with Crippen molar-refractivity contribution in [3.8, 4) is 5.75 Å². The Hall–Kier alpha value is -1.75. The van der Waals surface area contributed by atoms with Gasteiger partial charge in [-0.3, -0.25) is 0 Å². The molecule has 142 valence electrons. The van der Waals surface area contributed by atoms with Gasteiger partial charge in [-0.25, -0.2) is 0 Å². The smallest absolute Gasteiger partial charge is 0.121 e. The van der Waals surface area contributed by atoms with Gasteiger partial charge in [-0.2, -0.15) is 0 Å². The fraction of sp³-hybridized carbons (Fsp3) is 0.455. The molecule has 3 atom stereocenters. The molecule has 3 N–H and O–H groups in total. The van der Waals surface area contributed by atoms with Crippen molar-refractivity contribution in [2.24, 2.45) is 0 Å². The number of benzene rings is 2. The molecule has 3 unspecified atom stereocenters. The van der Waals surface area contributed by atoms with E-state index in [4.69, 9.17) is 20.4 Å². The molecule has 1 heterocycles. The van der Waals surface area contributed by atoms with Crippen LogP contribution in [0.3, 0.4) is 0 Å². The Balaban J connectivity index is 1.62. The largest absolute Gasteiger partial charge is 0.508 e. The number of aliphatic hydroxyl groups is 2. The van der Waals surface area contributed by atoms with E-state index in [2.05, 4.69) is 18.2 Å². The zero-order valence-corrected chi connectivity index (χ0v) is 16.1. The Morgan fingerprint density at radius 3 is 2.68 bits per heavy atom. The van der Waals surface area contributed by atoms with Gasteiger partial charge in [0.25, 0.3) is 0 Å². The van der Waals surface area contributed by atoms with E-state index >= 15 is 0 Å². The molecule has 4 rings (SSSR count). The van der Waals surface area contributed by atoms with E-state index in [0.29, 0.717) is 31.2 Å². The summed E-state index contributed by atoms with van der Waals surface area (Å²) in [6.07, 6.45) is 0.746. The van der Waals surface area contributed by atoms with Crippen molar-refractivity contribution in [2.75, 3.05) is 6.61 Å². The highest BCUT2D eigenvalue weighted by atomic mass is 16.5. The molecule has 0 bridgehead atoms. The molecule has 4 nitrogen and oxygen atoms in total. The molecule has 4 radical (unpaired) electrons. The van der Waals surface area contributed by atoms with Crippen LogP contribution in [0.4, 0.5) is 0 Å². The Kier molecular flexibility index (Phi) is 5.07. The number of phenols is 1. The van der Waals surface area contributed by atoms with Gasteiger partial charge in [0.1, 0.15) is 5.75 Å². The van der Waals surface area contributed by atoms with Gasteiger partial charge in [0.15, 0.2) is 0 Å². The maximum absolute atomic E-state index is 10.5. The molecule has 1 fully saturated rings. The summed E-state index contributed by atoms with van der Waals surface area (Å²) in [7, 11) is 12.2. The molecule has 1 aliphatic heterocycles. The van der Waals surface area contributed by atoms with Crippen LogP contribution in [0.15, 0.2) is 30.3 Å². The van der Waals surface area contributed by atoms with Gasteiger partial charge in [-0.15, -0.1) is 0 Å². The molecule has 1 aliphatic carbocycles. The molecule has 2 aromatic rings. The lowest BCUT2D eigenvalue weighted by Gasteiger charge is -2.39. The van der Waals surface area contributed by atoms with Crippen molar-refractivity contribution in [3.63, 3.8) is 0 Å². The number of fused-ring (bicyclic) bond motifs is 1. The molecule has 1 saturated heterocycles. The fourth-order valence-corrected chi connectivity index (χ4v) is 4.36. The lowest BCUT2D eigenvalue weighted by molar-refractivity contribution is -0.114. The number of aliphatic hydroxyl groups excluding tert-OH is 2. The summed E-state index contributed by atoms with van der Waals surface area (Å²) < 4.78 is 5.89. The topological polar surface area (TPSA) is 69.9 Å². The third-order valence-corrected chi connectivity index (χ3v) is 5.97. The number of aryl methyl sites for hydroxylation is 1. The summed E-state index contributed by atoms with van der Waals surface area (Å²) in [5.41, 5.74) is 5.98. The number of ether oxygens (including phenoxy) is 1. The molecule has 2 aromatic carbocycles. The quantitative estimate of drug-likeness (QED) is 0.716. The summed E-state index contributed by atoms with van der Waals surface area (Å²) in [6, 6.07) is 9.90. The van der Waals surface area contributed by atoms with E-state index in [9.17, 15) is 15.3 Å². The van der Waals surface area contributed by atoms with E-state index in [-0.39, 0.29) is 12.4 Å². The standard InChI is InChI=1S/C22H24B2O4/c1-12-4-20(27)18(21-9-16(26)8-17(11-25)28-21)7-15(12)5-13-2-3-14-10-22(23,24)19(14)6-13/h2-4,6-7,16-17,21,25-27H,5,8-11H2,1H3. The Morgan fingerprint density at radius 2 is 1.96 bits per heavy atom. The van der Waals surface area contributed by atoms with Crippen molar-refractivity contribution >= 4 is 15.7 Å². The second kappa shape index (κ2) is 7.25. The zero-order valence-electron chi connectivity index (χ0n) is 16.1. The van der Waals surface area contributed by atoms with E-state index in [1.165, 1.54) is 5.56 Å². The molecule has 6 heteroatoms. The van der Waals surface area contributed by atoms with Crippen LogP contribution < -0.4 is 0 Å². The summed E-state index contributed by atoms with van der Waals surface area (Å²) in [6.45, 7) is 1.81. The molecular formula is C22H24B2O4. The average Bonchev–Trinajstić information content (AvgIpc) is 2.63. The van der Waals surface area contributed by atoms with Crippen LogP contribution in [0, 0.1) is 6.92 Å². The molecule has 0 spiro atoms. The summed E-state index contributed by atoms with van der Waals surface area (Å²) in [5, 5.41) is 29.3. The number of hydrogen-bond donors (Lipinski definition) is 3. The van der Waals surface area contributed by atoms with Crippen LogP contribution in [0.25, 0.3) is 0 Å². The molecule has 0 aromatic heterocycles. The van der Waals surface area contributed by atoms with E-state index in [1.807, 2.05) is 13.0 Å². The third kappa shape index (κ3) is 3.61. The minimum absolute atomic E-state index is 0.150. The maximum atomic E-state index is 10.5. The van der Waals surface area contributed by atoms with Gasteiger partial charge in [-0.05, 0) is 54.2 Å². The summed E-state index contributed by atoms with van der Waals surface area (Å²) in [4.78, 5) is 0. The van der Waals surface area contributed by atoms with Crippen molar-refractivity contribution in [1.29, 1.82) is 0 Å². The van der Waals surface area contributed by atoms with Gasteiger partial charge in [0.2, 0.25) is 0 Å². The van der Waals surface area contributed by atoms with Gasteiger partial charge < -0.3 is 20.1 Å². The highest BCUT2D eigenvalue weighted by Gasteiger charge is 2.33. The van der Waals surface area contributed by atoms with Crippen molar-refractivity contribution in [2.45, 2.75) is 56.1 Å². The highest BCUT2D eigenvalue weighted by Crippen LogP contribution is 2.39. The Labute approximate surface area is 168 Å². The van der Waals surface area contributed by atoms with Crippen molar-refractivity contribution in [1.82, 2.24) is 0 Å². The number of hydrogen-bond acceptors (Lipinski definition) is 4. The van der Waals surface area contributed by atoms with Gasteiger partial charge in [-0.1, -0.05) is 29.0 Å². The first-order chi connectivity index (χ1) is 13.3. The van der Waals surface area contributed by atoms with Crippen LogP contribution in [-0.4, -0.2) is 49.8 Å². The van der Waals surface area contributed by atoms with Crippen molar-refractivity contribution < 1.29 is 20.1 Å².